The molecule has 0 unspecified atom stereocenters. The number of hydrogen-bond acceptors (Lipinski definition) is 5. The van der Waals surface area contributed by atoms with Gasteiger partial charge in [-0.15, -0.1) is 5.10 Å². The summed E-state index contributed by atoms with van der Waals surface area (Å²) < 4.78 is 7.56. The Kier molecular flexibility index (Phi) is 5.15. The zero-order valence-corrected chi connectivity index (χ0v) is 14.8. The molecule has 0 aliphatic heterocycles. The molecule has 134 valence electrons. The van der Waals surface area contributed by atoms with Crippen LogP contribution in [0.3, 0.4) is 0 Å². The molecule has 6 heteroatoms. The summed E-state index contributed by atoms with van der Waals surface area (Å²) in [7, 11) is 0. The Bertz CT molecular complexity index is 971. The van der Waals surface area contributed by atoms with Crippen LogP contribution in [-0.2, 0) is 19.4 Å². The molecule has 0 radical (unpaired) electrons. The molecule has 0 atom stereocenters. The standard InChI is InChI=1S/C21H19N5O/c1-2-7-17(8-3-1)11-12-19-24-21(16-27-18-9-6-13-22-15-18)26(25-19)20-10-4-5-14-23-20/h1-10,13-15H,11-12,16H2. The third-order valence-corrected chi connectivity index (χ3v) is 4.07. The van der Waals surface area contributed by atoms with Crippen LogP contribution in [0.15, 0.2) is 79.3 Å². The zero-order chi connectivity index (χ0) is 18.3. The maximum atomic E-state index is 5.82. The van der Waals surface area contributed by atoms with E-state index >= 15 is 0 Å². The highest BCUT2D eigenvalue weighted by Crippen LogP contribution is 2.13. The molecular formula is C21H19N5O. The topological polar surface area (TPSA) is 65.7 Å². The van der Waals surface area contributed by atoms with Gasteiger partial charge in [-0.1, -0.05) is 36.4 Å². The predicted octanol–water partition coefficient (Wildman–Crippen LogP) is 3.42. The second kappa shape index (κ2) is 8.23. The number of hydrogen-bond donors (Lipinski definition) is 0. The van der Waals surface area contributed by atoms with Gasteiger partial charge >= 0.3 is 0 Å². The van der Waals surface area contributed by atoms with Crippen molar-refractivity contribution in [1.82, 2.24) is 24.7 Å². The van der Waals surface area contributed by atoms with Crippen molar-refractivity contribution in [2.75, 3.05) is 0 Å². The number of nitrogens with zero attached hydrogens (tertiary/aromatic N) is 5. The fraction of sp³-hybridized carbons (Fsp3) is 0.143. The Morgan fingerprint density at radius 1 is 0.852 bits per heavy atom. The first kappa shape index (κ1) is 16.9. The summed E-state index contributed by atoms with van der Waals surface area (Å²) in [5, 5.41) is 4.66. The Balaban J connectivity index is 1.55. The Morgan fingerprint density at radius 3 is 2.52 bits per heavy atom. The van der Waals surface area contributed by atoms with Gasteiger partial charge in [0, 0.05) is 18.8 Å². The second-order valence-corrected chi connectivity index (χ2v) is 6.01. The van der Waals surface area contributed by atoms with Crippen molar-refractivity contribution in [3.63, 3.8) is 0 Å². The average molecular weight is 357 g/mol. The Labute approximate surface area is 157 Å². The predicted molar refractivity (Wildman–Crippen MR) is 102 cm³/mol. The molecule has 27 heavy (non-hydrogen) atoms. The highest BCUT2D eigenvalue weighted by molar-refractivity contribution is 5.23. The van der Waals surface area contributed by atoms with E-state index in [0.717, 1.165) is 24.5 Å². The molecule has 0 aliphatic carbocycles. The maximum absolute atomic E-state index is 5.82. The number of rotatable bonds is 7. The fourth-order valence-electron chi connectivity index (χ4n) is 2.73. The van der Waals surface area contributed by atoms with Crippen molar-refractivity contribution in [2.24, 2.45) is 0 Å². The largest absolute Gasteiger partial charge is 0.484 e. The lowest BCUT2D eigenvalue weighted by molar-refractivity contribution is 0.291. The van der Waals surface area contributed by atoms with Gasteiger partial charge in [0.05, 0.1) is 6.20 Å². The van der Waals surface area contributed by atoms with E-state index < -0.39 is 0 Å². The second-order valence-electron chi connectivity index (χ2n) is 6.01. The van der Waals surface area contributed by atoms with Crippen molar-refractivity contribution < 1.29 is 4.74 Å². The van der Waals surface area contributed by atoms with E-state index in [-0.39, 0.29) is 0 Å². The number of aromatic nitrogens is 5. The van der Waals surface area contributed by atoms with Crippen LogP contribution in [0.2, 0.25) is 0 Å². The molecule has 1 aromatic carbocycles. The van der Waals surface area contributed by atoms with Crippen molar-refractivity contribution in [3.05, 3.63) is 96.5 Å². The molecule has 0 spiro atoms. The molecule has 3 aromatic heterocycles. The first-order chi connectivity index (χ1) is 13.4. The van der Waals surface area contributed by atoms with Gasteiger partial charge in [0.2, 0.25) is 0 Å². The average Bonchev–Trinajstić information content (AvgIpc) is 3.16. The lowest BCUT2D eigenvalue weighted by Gasteiger charge is -2.06. The molecule has 0 amide bonds. The first-order valence-corrected chi connectivity index (χ1v) is 8.81. The summed E-state index contributed by atoms with van der Waals surface area (Å²) in [4.78, 5) is 13.1. The smallest absolute Gasteiger partial charge is 0.171 e. The monoisotopic (exact) mass is 357 g/mol. The normalized spacial score (nSPS) is 10.7. The van der Waals surface area contributed by atoms with E-state index in [1.54, 1.807) is 23.3 Å². The summed E-state index contributed by atoms with van der Waals surface area (Å²) >= 11 is 0. The van der Waals surface area contributed by atoms with E-state index in [0.29, 0.717) is 18.2 Å². The summed E-state index contributed by atoms with van der Waals surface area (Å²) in [6, 6.07) is 19.8. The van der Waals surface area contributed by atoms with Crippen molar-refractivity contribution >= 4 is 0 Å². The first-order valence-electron chi connectivity index (χ1n) is 8.81. The minimum atomic E-state index is 0.292. The number of aryl methyl sites for hydroxylation is 2. The molecule has 4 rings (SSSR count). The van der Waals surface area contributed by atoms with Crippen LogP contribution in [0.5, 0.6) is 5.75 Å². The van der Waals surface area contributed by atoms with Gasteiger partial charge < -0.3 is 4.74 Å². The van der Waals surface area contributed by atoms with E-state index in [9.17, 15) is 0 Å². The molecule has 0 saturated heterocycles. The SMILES string of the molecule is c1ccc(CCc2nc(COc3cccnc3)n(-c3ccccn3)n2)cc1. The molecule has 0 N–H and O–H groups in total. The molecule has 0 bridgehead atoms. The van der Waals surface area contributed by atoms with Gasteiger partial charge in [0.1, 0.15) is 12.4 Å². The van der Waals surface area contributed by atoms with Gasteiger partial charge in [-0.25, -0.2) is 9.97 Å². The summed E-state index contributed by atoms with van der Waals surface area (Å²) in [5.41, 5.74) is 1.26. The minimum Gasteiger partial charge on any atom is -0.484 e. The van der Waals surface area contributed by atoms with Gasteiger partial charge in [-0.3, -0.25) is 4.98 Å². The molecular weight excluding hydrogens is 338 g/mol. The van der Waals surface area contributed by atoms with Crippen LogP contribution >= 0.6 is 0 Å². The maximum Gasteiger partial charge on any atom is 0.171 e. The third kappa shape index (κ3) is 4.36. The van der Waals surface area contributed by atoms with Crippen molar-refractivity contribution in [1.29, 1.82) is 0 Å². The molecule has 3 heterocycles. The van der Waals surface area contributed by atoms with E-state index in [1.165, 1.54) is 5.56 Å². The Hall–Kier alpha value is -3.54. The molecule has 4 aromatic rings. The quantitative estimate of drug-likeness (QED) is 0.507. The van der Waals surface area contributed by atoms with Gasteiger partial charge in [-0.05, 0) is 36.2 Å². The van der Waals surface area contributed by atoms with Crippen molar-refractivity contribution in [3.8, 4) is 11.6 Å². The van der Waals surface area contributed by atoms with Gasteiger partial charge in [0.25, 0.3) is 0 Å². The highest BCUT2D eigenvalue weighted by Gasteiger charge is 2.13. The number of benzene rings is 1. The summed E-state index contributed by atoms with van der Waals surface area (Å²) in [6.45, 7) is 0.292. The zero-order valence-electron chi connectivity index (χ0n) is 14.8. The fourth-order valence-corrected chi connectivity index (χ4v) is 2.73. The third-order valence-electron chi connectivity index (χ3n) is 4.07. The molecule has 6 nitrogen and oxygen atoms in total. The van der Waals surface area contributed by atoms with Crippen LogP contribution in [0.4, 0.5) is 0 Å². The Morgan fingerprint density at radius 2 is 1.74 bits per heavy atom. The van der Waals surface area contributed by atoms with Crippen LogP contribution < -0.4 is 4.74 Å². The highest BCUT2D eigenvalue weighted by atomic mass is 16.5. The van der Waals surface area contributed by atoms with Crippen LogP contribution in [0, 0.1) is 0 Å². The number of ether oxygens (including phenoxy) is 1. The van der Waals surface area contributed by atoms with Crippen LogP contribution in [0.1, 0.15) is 17.2 Å². The van der Waals surface area contributed by atoms with E-state index in [4.69, 9.17) is 4.74 Å². The van der Waals surface area contributed by atoms with E-state index in [1.807, 2.05) is 48.5 Å². The van der Waals surface area contributed by atoms with Crippen LogP contribution in [-0.4, -0.2) is 24.7 Å². The number of pyridine rings is 2. The lowest BCUT2D eigenvalue weighted by atomic mass is 10.1. The van der Waals surface area contributed by atoms with Crippen molar-refractivity contribution in [2.45, 2.75) is 19.4 Å². The van der Waals surface area contributed by atoms with E-state index in [2.05, 4.69) is 32.2 Å². The van der Waals surface area contributed by atoms with Crippen LogP contribution in [0.25, 0.3) is 5.82 Å². The molecule has 0 fully saturated rings. The lowest BCUT2D eigenvalue weighted by Crippen LogP contribution is -2.08. The molecule has 0 saturated carbocycles. The van der Waals surface area contributed by atoms with Gasteiger partial charge in [0.15, 0.2) is 17.5 Å². The summed E-state index contributed by atoms with van der Waals surface area (Å²) in [5.74, 6) is 2.90. The van der Waals surface area contributed by atoms with Gasteiger partial charge in [-0.2, -0.15) is 4.68 Å². The minimum absolute atomic E-state index is 0.292. The summed E-state index contributed by atoms with van der Waals surface area (Å²) in [6.07, 6.45) is 6.77. The molecule has 0 aliphatic rings.